The summed E-state index contributed by atoms with van der Waals surface area (Å²) in [6.07, 6.45) is -4.18. The molecule has 7 nitrogen and oxygen atoms in total. The molecule has 0 radical (unpaired) electrons. The minimum Gasteiger partial charge on any atom is -0.497 e. The normalized spacial score (nSPS) is 16.1. The zero-order valence-corrected chi connectivity index (χ0v) is 18.1. The molecule has 2 rings (SSSR count). The highest BCUT2D eigenvalue weighted by atomic mass is 19.4. The van der Waals surface area contributed by atoms with Gasteiger partial charge in [0.25, 0.3) is 0 Å². The van der Waals surface area contributed by atoms with Crippen LogP contribution < -0.4 is 14.8 Å². The van der Waals surface area contributed by atoms with E-state index in [1.54, 1.807) is 21.3 Å². The van der Waals surface area contributed by atoms with Crippen LogP contribution in [0.15, 0.2) is 23.2 Å². The number of benzene rings is 1. The van der Waals surface area contributed by atoms with Gasteiger partial charge >= 0.3 is 6.18 Å². The van der Waals surface area contributed by atoms with Crippen molar-refractivity contribution in [3.63, 3.8) is 0 Å². The summed E-state index contributed by atoms with van der Waals surface area (Å²) in [5, 5.41) is 3.17. The van der Waals surface area contributed by atoms with Crippen molar-refractivity contribution in [3.05, 3.63) is 23.8 Å². The number of ether oxygens (including phenoxy) is 2. The van der Waals surface area contributed by atoms with Gasteiger partial charge in [-0.15, -0.1) is 0 Å². The second-order valence-corrected chi connectivity index (χ2v) is 7.27. The molecule has 1 heterocycles. The van der Waals surface area contributed by atoms with E-state index in [0.29, 0.717) is 12.5 Å². The predicted molar refractivity (Wildman–Crippen MR) is 111 cm³/mol. The Morgan fingerprint density at radius 1 is 1.17 bits per heavy atom. The summed E-state index contributed by atoms with van der Waals surface area (Å²) in [6.45, 7) is 3.77. The summed E-state index contributed by atoms with van der Waals surface area (Å²) in [4.78, 5) is 9.99. The van der Waals surface area contributed by atoms with Gasteiger partial charge in [0.1, 0.15) is 11.5 Å². The summed E-state index contributed by atoms with van der Waals surface area (Å²) in [5.41, 5.74) is 1.07. The molecule has 0 aromatic heterocycles. The number of hydrogen-bond acceptors (Lipinski definition) is 5. The van der Waals surface area contributed by atoms with Crippen LogP contribution in [0, 0.1) is 0 Å². The number of hydrogen-bond donors (Lipinski definition) is 1. The third-order valence-corrected chi connectivity index (χ3v) is 4.99. The molecule has 0 spiro atoms. The zero-order valence-electron chi connectivity index (χ0n) is 18.1. The molecule has 0 atom stereocenters. The fourth-order valence-electron chi connectivity index (χ4n) is 3.44. The third-order valence-electron chi connectivity index (χ3n) is 4.99. The van der Waals surface area contributed by atoms with Gasteiger partial charge in [0.2, 0.25) is 0 Å². The Hall–Kier alpha value is -2.20. The largest absolute Gasteiger partial charge is 0.497 e. The first-order valence-electron chi connectivity index (χ1n) is 9.90. The predicted octanol–water partition coefficient (Wildman–Crippen LogP) is 1.89. The van der Waals surface area contributed by atoms with Gasteiger partial charge in [0.05, 0.1) is 20.8 Å². The van der Waals surface area contributed by atoms with Gasteiger partial charge < -0.3 is 19.7 Å². The monoisotopic (exact) mass is 431 g/mol. The van der Waals surface area contributed by atoms with Crippen molar-refractivity contribution in [1.82, 2.24) is 20.0 Å². The van der Waals surface area contributed by atoms with Crippen molar-refractivity contribution in [1.29, 1.82) is 0 Å². The van der Waals surface area contributed by atoms with E-state index in [0.717, 1.165) is 49.8 Å². The molecule has 0 unspecified atom stereocenters. The number of methoxy groups -OCH3 is 2. The molecule has 1 aliphatic rings. The van der Waals surface area contributed by atoms with Gasteiger partial charge in [-0.05, 0) is 25.2 Å². The molecule has 1 N–H and O–H groups in total. The van der Waals surface area contributed by atoms with E-state index in [2.05, 4.69) is 20.1 Å². The van der Waals surface area contributed by atoms with Gasteiger partial charge in [-0.25, -0.2) is 0 Å². The number of piperazine rings is 1. The van der Waals surface area contributed by atoms with Crippen LogP contribution >= 0.6 is 0 Å². The standard InChI is InChI=1S/C20H32F3N5O2/c1-24-19(25-7-8-26(2)15-20(21,22)23)28-11-9-27(10-12-28)14-16-13-17(29-3)5-6-18(16)30-4/h5-6,13H,7-12,14-15H2,1-4H3,(H,24,25). The lowest BCUT2D eigenvalue weighted by Crippen LogP contribution is -2.53. The summed E-state index contributed by atoms with van der Waals surface area (Å²) < 4.78 is 48.0. The molecular weight excluding hydrogens is 399 g/mol. The fraction of sp³-hybridized carbons (Fsp3) is 0.650. The van der Waals surface area contributed by atoms with Crippen molar-refractivity contribution in [3.8, 4) is 11.5 Å². The Balaban J connectivity index is 1.81. The highest BCUT2D eigenvalue weighted by Gasteiger charge is 2.29. The number of aliphatic imine (C=N–C) groups is 1. The first-order chi connectivity index (χ1) is 14.3. The first-order valence-corrected chi connectivity index (χ1v) is 9.90. The van der Waals surface area contributed by atoms with Gasteiger partial charge in [0.15, 0.2) is 5.96 Å². The van der Waals surface area contributed by atoms with Crippen LogP contribution in [0.3, 0.4) is 0 Å². The number of rotatable bonds is 8. The van der Waals surface area contributed by atoms with E-state index in [1.807, 2.05) is 18.2 Å². The zero-order chi connectivity index (χ0) is 22.1. The Kier molecular flexibility index (Phi) is 9.04. The number of guanidine groups is 1. The van der Waals surface area contributed by atoms with E-state index < -0.39 is 12.7 Å². The van der Waals surface area contributed by atoms with E-state index in [4.69, 9.17) is 9.47 Å². The van der Waals surface area contributed by atoms with Gasteiger partial charge in [-0.3, -0.25) is 14.8 Å². The maximum absolute atomic E-state index is 12.4. The highest BCUT2D eigenvalue weighted by molar-refractivity contribution is 5.80. The number of likely N-dealkylation sites (N-methyl/N-ethyl adjacent to an activating group) is 1. The van der Waals surface area contributed by atoms with E-state index in [-0.39, 0.29) is 6.54 Å². The smallest absolute Gasteiger partial charge is 0.401 e. The molecule has 1 saturated heterocycles. The minimum absolute atomic E-state index is 0.286. The molecule has 1 aromatic carbocycles. The molecule has 1 aromatic rings. The molecular formula is C20H32F3N5O2. The van der Waals surface area contributed by atoms with Crippen molar-refractivity contribution in [2.24, 2.45) is 4.99 Å². The molecule has 170 valence electrons. The molecule has 0 amide bonds. The maximum Gasteiger partial charge on any atom is 0.401 e. The second kappa shape index (κ2) is 11.3. The van der Waals surface area contributed by atoms with Crippen LogP contribution in [0.25, 0.3) is 0 Å². The summed E-state index contributed by atoms with van der Waals surface area (Å²) >= 11 is 0. The molecule has 0 aliphatic carbocycles. The van der Waals surface area contributed by atoms with E-state index >= 15 is 0 Å². The fourth-order valence-corrected chi connectivity index (χ4v) is 3.44. The van der Waals surface area contributed by atoms with Crippen molar-refractivity contribution >= 4 is 5.96 Å². The van der Waals surface area contributed by atoms with Crippen LogP contribution in [-0.2, 0) is 6.54 Å². The van der Waals surface area contributed by atoms with Crippen LogP contribution in [0.5, 0.6) is 11.5 Å². The van der Waals surface area contributed by atoms with E-state index in [9.17, 15) is 13.2 Å². The summed E-state index contributed by atoms with van der Waals surface area (Å²) in [6, 6.07) is 5.78. The average Bonchev–Trinajstić information content (AvgIpc) is 2.70. The molecule has 30 heavy (non-hydrogen) atoms. The SMILES string of the molecule is CN=C(NCCN(C)CC(F)(F)F)N1CCN(Cc2cc(OC)ccc2OC)CC1. The van der Waals surface area contributed by atoms with Crippen LogP contribution in [0.4, 0.5) is 13.2 Å². The lowest BCUT2D eigenvalue weighted by atomic mass is 10.1. The van der Waals surface area contributed by atoms with Gasteiger partial charge in [-0.2, -0.15) is 13.2 Å². The average molecular weight is 432 g/mol. The van der Waals surface area contributed by atoms with Crippen molar-refractivity contribution < 1.29 is 22.6 Å². The van der Waals surface area contributed by atoms with Gasteiger partial charge in [0, 0.05) is 58.4 Å². The van der Waals surface area contributed by atoms with Crippen molar-refractivity contribution in [2.45, 2.75) is 12.7 Å². The third kappa shape index (κ3) is 7.56. The quantitative estimate of drug-likeness (QED) is 0.501. The number of alkyl halides is 3. The number of halogens is 3. The lowest BCUT2D eigenvalue weighted by molar-refractivity contribution is -0.142. The lowest BCUT2D eigenvalue weighted by Gasteiger charge is -2.36. The highest BCUT2D eigenvalue weighted by Crippen LogP contribution is 2.25. The Bertz CT molecular complexity index is 692. The Morgan fingerprint density at radius 2 is 1.87 bits per heavy atom. The van der Waals surface area contributed by atoms with E-state index in [1.165, 1.54) is 11.9 Å². The topological polar surface area (TPSA) is 52.6 Å². The minimum atomic E-state index is -4.18. The van der Waals surface area contributed by atoms with Crippen LogP contribution in [0.1, 0.15) is 5.56 Å². The Labute approximate surface area is 176 Å². The molecule has 10 heteroatoms. The van der Waals surface area contributed by atoms with Crippen LogP contribution in [0.2, 0.25) is 0 Å². The molecule has 1 fully saturated rings. The number of nitrogens with one attached hydrogen (secondary N) is 1. The summed E-state index contributed by atoms with van der Waals surface area (Å²) in [7, 11) is 6.45. The number of nitrogens with zero attached hydrogens (tertiary/aromatic N) is 4. The Morgan fingerprint density at radius 3 is 2.43 bits per heavy atom. The first kappa shape index (κ1) is 24.1. The van der Waals surface area contributed by atoms with Crippen molar-refractivity contribution in [2.75, 3.05) is 74.1 Å². The van der Waals surface area contributed by atoms with Crippen LogP contribution in [-0.4, -0.2) is 101 Å². The molecule has 1 aliphatic heterocycles. The molecule has 0 bridgehead atoms. The summed E-state index contributed by atoms with van der Waals surface area (Å²) in [5.74, 6) is 2.34. The second-order valence-electron chi connectivity index (χ2n) is 7.27. The molecule has 0 saturated carbocycles. The van der Waals surface area contributed by atoms with Gasteiger partial charge in [-0.1, -0.05) is 0 Å². The maximum atomic E-state index is 12.4.